The smallest absolute Gasteiger partial charge is 0.282 e. The van der Waals surface area contributed by atoms with Gasteiger partial charge in [0.05, 0.1) is 0 Å². The van der Waals surface area contributed by atoms with E-state index in [1.165, 1.54) is 6.07 Å². The lowest BCUT2D eigenvalue weighted by atomic mass is 9.96. The van der Waals surface area contributed by atoms with Crippen molar-refractivity contribution in [2.45, 2.75) is 31.6 Å². The molecule has 96 valence electrons. The first-order valence-electron chi connectivity index (χ1n) is 5.82. The third-order valence-electron chi connectivity index (χ3n) is 3.12. The van der Waals surface area contributed by atoms with Crippen LogP contribution in [0.5, 0.6) is 0 Å². The standard InChI is InChI=1S/C14H16O3S/c1-9(2)11-6-4-5-7-12-13(18(15,16)17)8-10(3)14(11)12/h4-9H,1-3H3,(H,15,16,17). The summed E-state index contributed by atoms with van der Waals surface area (Å²) in [6.45, 7) is 5.99. The summed E-state index contributed by atoms with van der Waals surface area (Å²) in [6, 6.07) is 8.95. The van der Waals surface area contributed by atoms with Gasteiger partial charge >= 0.3 is 0 Å². The molecule has 1 N–H and O–H groups in total. The van der Waals surface area contributed by atoms with Gasteiger partial charge in [0.1, 0.15) is 4.90 Å². The van der Waals surface area contributed by atoms with Crippen LogP contribution in [0.15, 0.2) is 35.2 Å². The third-order valence-corrected chi connectivity index (χ3v) is 4.01. The second-order valence-corrected chi connectivity index (χ2v) is 6.17. The van der Waals surface area contributed by atoms with Gasteiger partial charge in [0.25, 0.3) is 10.1 Å². The maximum atomic E-state index is 11.4. The minimum absolute atomic E-state index is 0.00639. The maximum Gasteiger partial charge on any atom is 0.295 e. The zero-order valence-electron chi connectivity index (χ0n) is 10.6. The molecule has 0 saturated carbocycles. The van der Waals surface area contributed by atoms with E-state index in [9.17, 15) is 13.0 Å². The van der Waals surface area contributed by atoms with Gasteiger partial charge in [-0.1, -0.05) is 38.1 Å². The molecule has 18 heavy (non-hydrogen) atoms. The molecule has 4 heteroatoms. The van der Waals surface area contributed by atoms with Crippen LogP contribution in [-0.2, 0) is 10.1 Å². The molecule has 0 aromatic heterocycles. The van der Waals surface area contributed by atoms with Crippen molar-refractivity contribution in [2.75, 3.05) is 0 Å². The van der Waals surface area contributed by atoms with Crippen LogP contribution in [0, 0.1) is 6.92 Å². The Bertz CT molecular complexity index is 657. The van der Waals surface area contributed by atoms with E-state index in [0.29, 0.717) is 5.56 Å². The highest BCUT2D eigenvalue weighted by Gasteiger charge is 2.23. The lowest BCUT2D eigenvalue weighted by Gasteiger charge is -2.09. The van der Waals surface area contributed by atoms with Crippen LogP contribution in [0.25, 0.3) is 11.1 Å². The molecule has 0 radical (unpaired) electrons. The van der Waals surface area contributed by atoms with Crippen molar-refractivity contribution in [3.8, 4) is 11.1 Å². The highest BCUT2D eigenvalue weighted by molar-refractivity contribution is 7.86. The summed E-state index contributed by atoms with van der Waals surface area (Å²) in [7, 11) is -4.18. The van der Waals surface area contributed by atoms with Crippen LogP contribution in [0.1, 0.15) is 30.9 Å². The third kappa shape index (κ3) is 2.13. The van der Waals surface area contributed by atoms with E-state index >= 15 is 0 Å². The fraction of sp³-hybridized carbons (Fsp3) is 0.286. The fourth-order valence-electron chi connectivity index (χ4n) is 2.32. The Morgan fingerprint density at radius 2 is 1.78 bits per heavy atom. The summed E-state index contributed by atoms with van der Waals surface area (Å²) < 4.78 is 32.1. The molecule has 0 fully saturated rings. The molecule has 2 rings (SSSR count). The van der Waals surface area contributed by atoms with E-state index in [1.54, 1.807) is 12.1 Å². The Hall–Kier alpha value is -1.39. The first-order chi connectivity index (χ1) is 8.32. The summed E-state index contributed by atoms with van der Waals surface area (Å²) in [5.41, 5.74) is 3.46. The van der Waals surface area contributed by atoms with Crippen LogP contribution >= 0.6 is 0 Å². The molecular weight excluding hydrogens is 248 g/mol. The second kappa shape index (κ2) is 4.37. The molecule has 2 aliphatic rings. The summed E-state index contributed by atoms with van der Waals surface area (Å²) in [5, 5.41) is 0. The maximum absolute atomic E-state index is 11.4. The molecular formula is C14H16O3S. The molecule has 0 aliphatic heterocycles. The fourth-order valence-corrected chi connectivity index (χ4v) is 3.09. The molecule has 0 spiro atoms. The molecule has 0 aromatic rings. The summed E-state index contributed by atoms with van der Waals surface area (Å²) in [5.74, 6) is 0.287. The predicted octanol–water partition coefficient (Wildman–Crippen LogP) is 3.47. The SMILES string of the molecule is Cc1cc(S(=O)(=O)O)c2ccccc(C(C)C)c1-2. The van der Waals surface area contributed by atoms with E-state index in [2.05, 4.69) is 13.8 Å². The minimum Gasteiger partial charge on any atom is -0.282 e. The Morgan fingerprint density at radius 1 is 1.17 bits per heavy atom. The normalized spacial score (nSPS) is 12.3. The molecule has 0 heterocycles. The van der Waals surface area contributed by atoms with Gasteiger partial charge in [-0.05, 0) is 35.6 Å². The van der Waals surface area contributed by atoms with Crippen molar-refractivity contribution < 1.29 is 13.0 Å². The van der Waals surface area contributed by atoms with E-state index in [1.807, 2.05) is 19.1 Å². The highest BCUT2D eigenvalue weighted by atomic mass is 32.2. The van der Waals surface area contributed by atoms with Crippen molar-refractivity contribution >= 4 is 10.1 Å². The highest BCUT2D eigenvalue weighted by Crippen LogP contribution is 2.39. The van der Waals surface area contributed by atoms with E-state index < -0.39 is 10.1 Å². The summed E-state index contributed by atoms with van der Waals surface area (Å²) in [4.78, 5) is -0.00639. The predicted molar refractivity (Wildman–Crippen MR) is 71.7 cm³/mol. The van der Waals surface area contributed by atoms with Crippen molar-refractivity contribution in [1.29, 1.82) is 0 Å². The summed E-state index contributed by atoms with van der Waals surface area (Å²) in [6.07, 6.45) is 0. The van der Waals surface area contributed by atoms with Gasteiger partial charge in [0.15, 0.2) is 0 Å². The Kier molecular flexibility index (Phi) is 3.17. The molecule has 0 unspecified atom stereocenters. The van der Waals surface area contributed by atoms with Gasteiger partial charge in [-0.15, -0.1) is 0 Å². The monoisotopic (exact) mass is 264 g/mol. The Morgan fingerprint density at radius 3 is 2.33 bits per heavy atom. The molecule has 0 bridgehead atoms. The molecule has 0 saturated heterocycles. The van der Waals surface area contributed by atoms with Crippen molar-refractivity contribution in [3.63, 3.8) is 0 Å². The molecule has 0 atom stereocenters. The van der Waals surface area contributed by atoms with Crippen molar-refractivity contribution in [1.82, 2.24) is 0 Å². The van der Waals surface area contributed by atoms with Crippen LogP contribution in [0.2, 0.25) is 0 Å². The number of hydrogen-bond acceptors (Lipinski definition) is 2. The molecule has 2 aliphatic carbocycles. The van der Waals surface area contributed by atoms with Gasteiger partial charge in [-0.25, -0.2) is 0 Å². The number of fused-ring (bicyclic) bond motifs is 1. The quantitative estimate of drug-likeness (QED) is 0.845. The van der Waals surface area contributed by atoms with Gasteiger partial charge in [0, 0.05) is 5.56 Å². The van der Waals surface area contributed by atoms with Crippen molar-refractivity contribution in [3.05, 3.63) is 41.5 Å². The number of hydrogen-bond donors (Lipinski definition) is 1. The van der Waals surface area contributed by atoms with Crippen molar-refractivity contribution in [2.24, 2.45) is 0 Å². The van der Waals surface area contributed by atoms with Gasteiger partial charge < -0.3 is 0 Å². The van der Waals surface area contributed by atoms with Crippen LogP contribution in [-0.4, -0.2) is 13.0 Å². The largest absolute Gasteiger partial charge is 0.295 e. The lowest BCUT2D eigenvalue weighted by molar-refractivity contribution is 0.484. The molecule has 3 nitrogen and oxygen atoms in total. The molecule has 0 amide bonds. The van der Waals surface area contributed by atoms with Gasteiger partial charge in [-0.2, -0.15) is 8.42 Å². The second-order valence-electron chi connectivity index (χ2n) is 4.78. The van der Waals surface area contributed by atoms with Crippen LogP contribution < -0.4 is 0 Å². The number of rotatable bonds is 2. The van der Waals surface area contributed by atoms with Crippen LogP contribution in [0.4, 0.5) is 0 Å². The Balaban J connectivity index is 2.86. The average molecular weight is 264 g/mol. The minimum atomic E-state index is -4.18. The van der Waals surface area contributed by atoms with E-state index in [0.717, 1.165) is 16.7 Å². The molecule has 0 aromatic carbocycles. The zero-order valence-corrected chi connectivity index (χ0v) is 11.5. The van der Waals surface area contributed by atoms with E-state index in [-0.39, 0.29) is 10.8 Å². The van der Waals surface area contributed by atoms with E-state index in [4.69, 9.17) is 0 Å². The average Bonchev–Trinajstić information content (AvgIpc) is 2.47. The van der Waals surface area contributed by atoms with Crippen LogP contribution in [0.3, 0.4) is 0 Å². The lowest BCUT2D eigenvalue weighted by Crippen LogP contribution is -1.97. The van der Waals surface area contributed by atoms with Gasteiger partial charge in [0.2, 0.25) is 0 Å². The topological polar surface area (TPSA) is 54.4 Å². The first kappa shape index (κ1) is 13.1. The zero-order chi connectivity index (χ0) is 13.5. The summed E-state index contributed by atoms with van der Waals surface area (Å²) >= 11 is 0. The number of aryl methyl sites for hydroxylation is 1. The Labute approximate surface area is 108 Å². The first-order valence-corrected chi connectivity index (χ1v) is 7.26. The van der Waals surface area contributed by atoms with Gasteiger partial charge in [-0.3, -0.25) is 4.55 Å².